The van der Waals surface area contributed by atoms with Gasteiger partial charge in [0.1, 0.15) is 0 Å². The van der Waals surface area contributed by atoms with Crippen molar-refractivity contribution in [1.82, 2.24) is 29.5 Å². The van der Waals surface area contributed by atoms with E-state index in [1.165, 1.54) is 12.8 Å². The molecule has 1 saturated carbocycles. The maximum atomic E-state index is 6.71. The highest BCUT2D eigenvalue weighted by Gasteiger charge is 2.32. The monoisotopic (exact) mass is 526 g/mol. The zero-order chi connectivity index (χ0) is 26.7. The Bertz CT molecular complexity index is 1320. The molecule has 2 fully saturated rings. The van der Waals surface area contributed by atoms with Crippen LogP contribution in [0.3, 0.4) is 0 Å². The van der Waals surface area contributed by atoms with Crippen molar-refractivity contribution in [1.29, 1.82) is 0 Å². The van der Waals surface area contributed by atoms with Crippen LogP contribution < -0.4 is 10.2 Å². The summed E-state index contributed by atoms with van der Waals surface area (Å²) < 4.78 is 7.77. The van der Waals surface area contributed by atoms with E-state index in [0.29, 0.717) is 36.2 Å². The van der Waals surface area contributed by atoms with Crippen LogP contribution in [0.5, 0.6) is 0 Å². The van der Waals surface area contributed by atoms with Gasteiger partial charge in [0.15, 0.2) is 22.8 Å². The van der Waals surface area contributed by atoms with Crippen LogP contribution in [0.1, 0.15) is 72.7 Å². The molecular formula is C27H39ClN8O. The molecule has 5 rings (SSSR count). The molecule has 0 spiro atoms. The minimum absolute atomic E-state index is 0.157. The molecule has 0 amide bonds. The number of nitrogens with one attached hydrogen (secondary N) is 1. The Morgan fingerprint density at radius 1 is 1.03 bits per heavy atom. The molecule has 1 atom stereocenters. The summed E-state index contributed by atoms with van der Waals surface area (Å²) in [5, 5.41) is 3.90. The first-order valence-electron chi connectivity index (χ1n) is 13.3. The van der Waals surface area contributed by atoms with Gasteiger partial charge in [0.05, 0.1) is 36.2 Å². The summed E-state index contributed by atoms with van der Waals surface area (Å²) >= 11 is 6.71. The van der Waals surface area contributed by atoms with E-state index < -0.39 is 0 Å². The number of nitrogens with zero attached hydrogens (tertiary/aromatic N) is 7. The Balaban J connectivity index is 1.75. The van der Waals surface area contributed by atoms with Crippen molar-refractivity contribution in [3.8, 4) is 11.4 Å². The highest BCUT2D eigenvalue weighted by Crippen LogP contribution is 2.38. The number of hydrogen-bond donors (Lipinski definition) is 1. The molecule has 1 aliphatic heterocycles. The fourth-order valence-corrected chi connectivity index (χ4v) is 5.04. The van der Waals surface area contributed by atoms with Gasteiger partial charge in [0.2, 0.25) is 11.2 Å². The first kappa shape index (κ1) is 26.1. The van der Waals surface area contributed by atoms with Gasteiger partial charge in [-0.1, -0.05) is 20.8 Å². The Morgan fingerprint density at radius 2 is 1.76 bits per heavy atom. The van der Waals surface area contributed by atoms with Gasteiger partial charge >= 0.3 is 0 Å². The first-order chi connectivity index (χ1) is 17.3. The average molecular weight is 527 g/mol. The number of rotatable bonds is 5. The maximum absolute atomic E-state index is 6.71. The van der Waals surface area contributed by atoms with E-state index in [0.717, 1.165) is 47.0 Å². The molecular weight excluding hydrogens is 488 g/mol. The molecule has 0 radical (unpaired) electrons. The molecule has 200 valence electrons. The van der Waals surface area contributed by atoms with E-state index >= 15 is 0 Å². The van der Waals surface area contributed by atoms with Crippen LogP contribution in [0.15, 0.2) is 0 Å². The standard InChI is InChI=1S/C27H39ClN8O/c1-15-14-37-12-11-35(15)22-19-23(36(24(28)30-19)13-17-9-10-17)33-21(32-22)18-16(2)29-25(34-27(6,7)8)31-20(18)26(3,4)5/h15,17H,9-14H2,1-8H3,(H,29,31,34)/t15-/m0/s1. The van der Waals surface area contributed by atoms with E-state index in [2.05, 4.69) is 63.2 Å². The molecule has 3 aromatic rings. The summed E-state index contributed by atoms with van der Waals surface area (Å²) in [6, 6.07) is 0.157. The third-order valence-electron chi connectivity index (χ3n) is 6.82. The second-order valence-electron chi connectivity index (χ2n) is 12.6. The zero-order valence-electron chi connectivity index (χ0n) is 23.3. The molecule has 1 saturated heterocycles. The van der Waals surface area contributed by atoms with Crippen LogP contribution in [0.25, 0.3) is 22.6 Å². The van der Waals surface area contributed by atoms with Gasteiger partial charge in [-0.25, -0.2) is 24.9 Å². The highest BCUT2D eigenvalue weighted by atomic mass is 35.5. The molecule has 0 aromatic carbocycles. The summed E-state index contributed by atoms with van der Waals surface area (Å²) in [5.41, 5.74) is 3.71. The van der Waals surface area contributed by atoms with E-state index in [9.17, 15) is 0 Å². The van der Waals surface area contributed by atoms with Crippen LogP contribution >= 0.6 is 11.6 Å². The van der Waals surface area contributed by atoms with E-state index in [4.69, 9.17) is 41.3 Å². The minimum Gasteiger partial charge on any atom is -0.377 e. The molecule has 9 nitrogen and oxygen atoms in total. The van der Waals surface area contributed by atoms with Crippen molar-refractivity contribution < 1.29 is 4.74 Å². The SMILES string of the molecule is Cc1nc(NC(C)(C)C)nc(C(C)(C)C)c1-c1nc(N2CCOC[C@@H]2C)c2nc(Cl)n(CC3CC3)c2n1. The number of anilines is 2. The largest absolute Gasteiger partial charge is 0.377 e. The quantitative estimate of drug-likeness (QED) is 0.442. The second kappa shape index (κ2) is 9.34. The van der Waals surface area contributed by atoms with Gasteiger partial charge in [0, 0.05) is 24.0 Å². The van der Waals surface area contributed by atoms with Gasteiger partial charge in [-0.05, 0) is 65.0 Å². The number of ether oxygens (including phenoxy) is 1. The van der Waals surface area contributed by atoms with Crippen LogP contribution in [0, 0.1) is 12.8 Å². The van der Waals surface area contributed by atoms with Gasteiger partial charge < -0.3 is 15.0 Å². The third-order valence-corrected chi connectivity index (χ3v) is 7.11. The molecule has 2 aliphatic rings. The van der Waals surface area contributed by atoms with Crippen molar-refractivity contribution >= 4 is 34.5 Å². The minimum atomic E-state index is -0.256. The lowest BCUT2D eigenvalue weighted by atomic mass is 9.87. The molecule has 10 heteroatoms. The van der Waals surface area contributed by atoms with Gasteiger partial charge in [-0.3, -0.25) is 4.57 Å². The molecule has 1 N–H and O–H groups in total. The van der Waals surface area contributed by atoms with Gasteiger partial charge in [0.25, 0.3) is 0 Å². The molecule has 1 aliphatic carbocycles. The molecule has 37 heavy (non-hydrogen) atoms. The predicted octanol–water partition coefficient (Wildman–Crippen LogP) is 5.39. The third kappa shape index (κ3) is 5.39. The Kier molecular flexibility index (Phi) is 6.59. The lowest BCUT2D eigenvalue weighted by molar-refractivity contribution is 0.0987. The lowest BCUT2D eigenvalue weighted by Gasteiger charge is -2.34. The second-order valence-corrected chi connectivity index (χ2v) is 12.9. The molecule has 0 unspecified atom stereocenters. The fraction of sp³-hybridized carbons (Fsp3) is 0.667. The van der Waals surface area contributed by atoms with Crippen LogP contribution in [0.4, 0.5) is 11.8 Å². The highest BCUT2D eigenvalue weighted by molar-refractivity contribution is 6.29. The Hall–Kier alpha value is -2.52. The van der Waals surface area contributed by atoms with E-state index in [1.807, 2.05) is 6.92 Å². The summed E-state index contributed by atoms with van der Waals surface area (Å²) in [5.74, 6) is 2.64. The number of halogens is 1. The predicted molar refractivity (Wildman–Crippen MR) is 149 cm³/mol. The zero-order valence-corrected chi connectivity index (χ0v) is 24.1. The number of fused-ring (bicyclic) bond motifs is 1. The van der Waals surface area contributed by atoms with Gasteiger partial charge in [-0.2, -0.15) is 0 Å². The van der Waals surface area contributed by atoms with E-state index in [-0.39, 0.29) is 17.0 Å². The van der Waals surface area contributed by atoms with Crippen molar-refractivity contribution in [3.63, 3.8) is 0 Å². The molecule has 4 heterocycles. The smallest absolute Gasteiger partial charge is 0.223 e. The van der Waals surface area contributed by atoms with Gasteiger partial charge in [-0.15, -0.1) is 0 Å². The fourth-order valence-electron chi connectivity index (χ4n) is 4.81. The van der Waals surface area contributed by atoms with E-state index in [1.54, 1.807) is 0 Å². The normalized spacial score (nSPS) is 19.1. The maximum Gasteiger partial charge on any atom is 0.223 e. The number of morpholine rings is 1. The number of imidazole rings is 1. The Labute approximate surface area is 224 Å². The van der Waals surface area contributed by atoms with Crippen molar-refractivity contribution in [2.75, 3.05) is 30.0 Å². The van der Waals surface area contributed by atoms with Crippen molar-refractivity contribution in [2.45, 2.75) is 91.8 Å². The average Bonchev–Trinajstić information content (AvgIpc) is 3.55. The van der Waals surface area contributed by atoms with Crippen LogP contribution in [-0.4, -0.2) is 60.8 Å². The van der Waals surface area contributed by atoms with Crippen LogP contribution in [-0.2, 0) is 16.7 Å². The summed E-state index contributed by atoms with van der Waals surface area (Å²) in [6.45, 7) is 19.8. The summed E-state index contributed by atoms with van der Waals surface area (Å²) in [7, 11) is 0. The summed E-state index contributed by atoms with van der Waals surface area (Å²) in [4.78, 5) is 27.2. The number of hydrogen-bond acceptors (Lipinski definition) is 8. The molecule has 3 aromatic heterocycles. The lowest BCUT2D eigenvalue weighted by Crippen LogP contribution is -2.44. The first-order valence-corrected chi connectivity index (χ1v) is 13.7. The molecule has 0 bridgehead atoms. The van der Waals surface area contributed by atoms with Crippen LogP contribution in [0.2, 0.25) is 5.28 Å². The Morgan fingerprint density at radius 3 is 2.38 bits per heavy atom. The number of aromatic nitrogens is 6. The van der Waals surface area contributed by atoms with Crippen molar-refractivity contribution in [2.24, 2.45) is 5.92 Å². The summed E-state index contributed by atoms with van der Waals surface area (Å²) in [6.07, 6.45) is 2.43. The topological polar surface area (TPSA) is 93.9 Å². The number of aryl methyl sites for hydroxylation is 1. The van der Waals surface area contributed by atoms with Crippen molar-refractivity contribution in [3.05, 3.63) is 16.7 Å².